The molecule has 0 aromatic carbocycles. The summed E-state index contributed by atoms with van der Waals surface area (Å²) in [6.07, 6.45) is 3.32. The van der Waals surface area contributed by atoms with Gasteiger partial charge in [-0.15, -0.1) is 0 Å². The van der Waals surface area contributed by atoms with E-state index in [0.717, 1.165) is 24.3 Å². The van der Waals surface area contributed by atoms with Crippen molar-refractivity contribution in [3.05, 3.63) is 24.0 Å². The minimum absolute atomic E-state index is 0.229. The van der Waals surface area contributed by atoms with E-state index in [0.29, 0.717) is 29.7 Å². The van der Waals surface area contributed by atoms with Gasteiger partial charge in [-0.05, 0) is 59.8 Å². The quantitative estimate of drug-likeness (QED) is 0.368. The maximum absolute atomic E-state index is 12.2. The molecule has 2 heterocycles. The van der Waals surface area contributed by atoms with Crippen molar-refractivity contribution >= 4 is 28.7 Å². The van der Waals surface area contributed by atoms with Crippen LogP contribution in [0.5, 0.6) is 5.75 Å². The van der Waals surface area contributed by atoms with E-state index in [2.05, 4.69) is 32.5 Å². The van der Waals surface area contributed by atoms with Crippen molar-refractivity contribution in [1.82, 2.24) is 14.8 Å². The number of carbonyl (C=O) groups is 1. The van der Waals surface area contributed by atoms with Crippen LogP contribution < -0.4 is 4.74 Å². The standard InChI is InChI=1S/C19H30IN3O3/c1-19(2,3)26-18(24)23-11-8-14(9-12-23)17-15(7-6-10-21-17)25-13-16(20)22(4)5/h6-7,10,14,16H,8-9,11-13H2,1-5H3/t16-/m0/s1. The predicted molar refractivity (Wildman–Crippen MR) is 111 cm³/mol. The zero-order valence-electron chi connectivity index (χ0n) is 16.4. The van der Waals surface area contributed by atoms with Gasteiger partial charge in [0.05, 0.1) is 9.74 Å². The number of rotatable bonds is 5. The second-order valence-corrected chi connectivity index (χ2v) is 9.28. The summed E-state index contributed by atoms with van der Waals surface area (Å²) in [5.74, 6) is 1.16. The van der Waals surface area contributed by atoms with Gasteiger partial charge < -0.3 is 14.4 Å². The summed E-state index contributed by atoms with van der Waals surface area (Å²) in [4.78, 5) is 20.7. The second-order valence-electron chi connectivity index (χ2n) is 7.84. The molecule has 0 aliphatic carbocycles. The number of aromatic nitrogens is 1. The number of nitrogens with zero attached hydrogens (tertiary/aromatic N) is 3. The van der Waals surface area contributed by atoms with Crippen LogP contribution in [0.2, 0.25) is 0 Å². The number of hydrogen-bond donors (Lipinski definition) is 0. The number of likely N-dealkylation sites (tertiary alicyclic amines) is 1. The Morgan fingerprint density at radius 3 is 2.62 bits per heavy atom. The average molecular weight is 475 g/mol. The summed E-state index contributed by atoms with van der Waals surface area (Å²) in [5.41, 5.74) is 0.539. The van der Waals surface area contributed by atoms with E-state index in [1.807, 2.05) is 53.2 Å². The number of ether oxygens (including phenoxy) is 2. The van der Waals surface area contributed by atoms with Crippen molar-refractivity contribution in [2.24, 2.45) is 0 Å². The normalized spacial score (nSPS) is 17.3. The maximum Gasteiger partial charge on any atom is 0.410 e. The van der Waals surface area contributed by atoms with E-state index in [4.69, 9.17) is 9.47 Å². The molecule has 0 saturated carbocycles. The lowest BCUT2D eigenvalue weighted by Crippen LogP contribution is -2.41. The molecular formula is C19H30IN3O3. The molecule has 0 spiro atoms. The van der Waals surface area contributed by atoms with Crippen molar-refractivity contribution in [1.29, 1.82) is 0 Å². The van der Waals surface area contributed by atoms with Gasteiger partial charge in [0.15, 0.2) is 0 Å². The fourth-order valence-electron chi connectivity index (χ4n) is 2.80. The molecule has 1 aromatic rings. The Morgan fingerprint density at radius 1 is 1.38 bits per heavy atom. The predicted octanol–water partition coefficient (Wildman–Crippen LogP) is 3.90. The van der Waals surface area contributed by atoms with Gasteiger partial charge in [0.2, 0.25) is 0 Å². The average Bonchev–Trinajstić information content (AvgIpc) is 2.58. The van der Waals surface area contributed by atoms with Gasteiger partial charge in [0.25, 0.3) is 0 Å². The van der Waals surface area contributed by atoms with E-state index < -0.39 is 5.60 Å². The largest absolute Gasteiger partial charge is 0.489 e. The van der Waals surface area contributed by atoms with Gasteiger partial charge >= 0.3 is 6.09 Å². The molecule has 1 atom stereocenters. The van der Waals surface area contributed by atoms with Crippen LogP contribution in [0.1, 0.15) is 45.2 Å². The summed E-state index contributed by atoms with van der Waals surface area (Å²) in [7, 11) is 4.08. The molecule has 0 N–H and O–H groups in total. The summed E-state index contributed by atoms with van der Waals surface area (Å²) in [5, 5.41) is 0. The van der Waals surface area contributed by atoms with E-state index in [9.17, 15) is 4.79 Å². The van der Waals surface area contributed by atoms with Crippen LogP contribution in [-0.2, 0) is 4.74 Å². The van der Waals surface area contributed by atoms with Crippen molar-refractivity contribution in [3.63, 3.8) is 0 Å². The molecule has 146 valence electrons. The number of alkyl halides is 1. The molecule has 1 saturated heterocycles. The van der Waals surface area contributed by atoms with Crippen LogP contribution in [0, 0.1) is 0 Å². The summed E-state index contributed by atoms with van der Waals surface area (Å²) in [6.45, 7) is 7.66. The third-order valence-electron chi connectivity index (χ3n) is 4.27. The Morgan fingerprint density at radius 2 is 2.04 bits per heavy atom. The van der Waals surface area contributed by atoms with Crippen molar-refractivity contribution in [3.8, 4) is 5.75 Å². The first kappa shape index (κ1) is 21.2. The van der Waals surface area contributed by atoms with Crippen LogP contribution >= 0.6 is 22.6 Å². The first-order valence-corrected chi connectivity index (χ1v) is 10.3. The summed E-state index contributed by atoms with van der Waals surface area (Å²) < 4.78 is 11.8. The van der Waals surface area contributed by atoms with E-state index in [1.54, 1.807) is 4.90 Å². The topological polar surface area (TPSA) is 54.9 Å². The fourth-order valence-corrected chi connectivity index (χ4v) is 2.98. The molecule has 0 bridgehead atoms. The maximum atomic E-state index is 12.2. The molecule has 0 unspecified atom stereocenters. The molecule has 26 heavy (non-hydrogen) atoms. The smallest absolute Gasteiger partial charge is 0.410 e. The Balaban J connectivity index is 1.96. The van der Waals surface area contributed by atoms with Crippen molar-refractivity contribution < 1.29 is 14.3 Å². The molecule has 1 aliphatic heterocycles. The van der Waals surface area contributed by atoms with E-state index >= 15 is 0 Å². The highest BCUT2D eigenvalue weighted by atomic mass is 127. The second kappa shape index (κ2) is 9.21. The number of likely N-dealkylation sites (N-methyl/N-ethyl adjacent to an activating group) is 1. The number of hydrogen-bond acceptors (Lipinski definition) is 5. The lowest BCUT2D eigenvalue weighted by atomic mass is 9.92. The van der Waals surface area contributed by atoms with Crippen molar-refractivity contribution in [2.75, 3.05) is 33.8 Å². The molecule has 1 aromatic heterocycles. The number of piperidine rings is 1. The zero-order chi connectivity index (χ0) is 19.3. The third kappa shape index (κ3) is 6.26. The number of carbonyl (C=O) groups excluding carboxylic acids is 1. The first-order valence-electron chi connectivity index (χ1n) is 9.03. The molecule has 1 fully saturated rings. The molecule has 2 rings (SSSR count). The van der Waals surface area contributed by atoms with Crippen LogP contribution in [0.25, 0.3) is 0 Å². The SMILES string of the molecule is CN(C)[C@H](I)COc1cccnc1C1CCN(C(=O)OC(C)(C)C)CC1. The minimum Gasteiger partial charge on any atom is -0.489 e. The van der Waals surface area contributed by atoms with Gasteiger partial charge in [0, 0.05) is 25.2 Å². The van der Waals surface area contributed by atoms with Crippen LogP contribution in [0.15, 0.2) is 18.3 Å². The molecule has 0 radical (unpaired) electrons. The third-order valence-corrected chi connectivity index (χ3v) is 5.74. The van der Waals surface area contributed by atoms with Gasteiger partial charge in [-0.3, -0.25) is 9.88 Å². The highest BCUT2D eigenvalue weighted by molar-refractivity contribution is 14.1. The molecular weight excluding hydrogens is 445 g/mol. The van der Waals surface area contributed by atoms with Crippen molar-refractivity contribution in [2.45, 2.75) is 49.2 Å². The minimum atomic E-state index is -0.460. The van der Waals surface area contributed by atoms with Gasteiger partial charge in [0.1, 0.15) is 18.0 Å². The molecule has 1 amide bonds. The van der Waals surface area contributed by atoms with Gasteiger partial charge in [-0.2, -0.15) is 0 Å². The van der Waals surface area contributed by atoms with E-state index in [-0.39, 0.29) is 6.09 Å². The number of halogens is 1. The molecule has 6 nitrogen and oxygen atoms in total. The number of pyridine rings is 1. The van der Waals surface area contributed by atoms with E-state index in [1.165, 1.54) is 0 Å². The first-order chi connectivity index (χ1) is 12.2. The lowest BCUT2D eigenvalue weighted by Gasteiger charge is -2.33. The monoisotopic (exact) mass is 475 g/mol. The van der Waals surface area contributed by atoms with Gasteiger partial charge in [-0.25, -0.2) is 4.79 Å². The Labute approximate surface area is 170 Å². The number of amides is 1. The van der Waals surface area contributed by atoms with Gasteiger partial charge in [-0.1, -0.05) is 22.6 Å². The summed E-state index contributed by atoms with van der Waals surface area (Å²) >= 11 is 2.37. The Hall–Kier alpha value is -1.09. The Kier molecular flexibility index (Phi) is 7.52. The fraction of sp³-hybridized carbons (Fsp3) is 0.684. The van der Waals surface area contributed by atoms with Crippen LogP contribution in [0.3, 0.4) is 0 Å². The molecule has 7 heteroatoms. The lowest BCUT2D eigenvalue weighted by molar-refractivity contribution is 0.0203. The van der Waals surface area contributed by atoms with Crippen LogP contribution in [-0.4, -0.2) is 64.3 Å². The summed E-state index contributed by atoms with van der Waals surface area (Å²) in [6, 6.07) is 3.90. The Bertz CT molecular complexity index is 596. The zero-order valence-corrected chi connectivity index (χ0v) is 18.5. The van der Waals surface area contributed by atoms with Crippen LogP contribution in [0.4, 0.5) is 4.79 Å². The highest BCUT2D eigenvalue weighted by Crippen LogP contribution is 2.33. The highest BCUT2D eigenvalue weighted by Gasteiger charge is 2.29. The molecule has 1 aliphatic rings.